The van der Waals surface area contributed by atoms with Crippen LogP contribution < -0.4 is 14.2 Å². The van der Waals surface area contributed by atoms with Crippen molar-refractivity contribution >= 4 is 5.97 Å². The molecule has 0 radical (unpaired) electrons. The Bertz CT molecular complexity index is 660. The first-order valence-corrected chi connectivity index (χ1v) is 5.88. The number of hydrogen-bond donors (Lipinski definition) is 1. The van der Waals surface area contributed by atoms with Crippen LogP contribution in [0.3, 0.4) is 0 Å². The average Bonchev–Trinajstić information content (AvgIpc) is 2.72. The molecular formula is C12H14N4O5. The van der Waals surface area contributed by atoms with E-state index in [1.807, 2.05) is 0 Å². The zero-order valence-corrected chi connectivity index (χ0v) is 11.9. The maximum atomic E-state index is 11.3. The van der Waals surface area contributed by atoms with Gasteiger partial charge in [0.15, 0.2) is 11.4 Å². The van der Waals surface area contributed by atoms with Crippen molar-refractivity contribution in [2.45, 2.75) is 6.92 Å². The quantitative estimate of drug-likeness (QED) is 0.870. The highest BCUT2D eigenvalue weighted by atomic mass is 16.5. The van der Waals surface area contributed by atoms with Crippen LogP contribution in [0.15, 0.2) is 6.07 Å². The maximum Gasteiger partial charge on any atom is 0.358 e. The molecule has 2 rings (SSSR count). The molecule has 0 spiro atoms. The van der Waals surface area contributed by atoms with E-state index in [0.717, 1.165) is 0 Å². The standard InChI is InChI=1S/C12H14N4O5/c1-6-10(9(11(17)18)16(2)15-6)21-12-13-7(19-3)5-8(14-12)20-4/h5H,1-4H3,(H,17,18). The van der Waals surface area contributed by atoms with Crippen LogP contribution in [-0.4, -0.2) is 45.0 Å². The Labute approximate surface area is 120 Å². The van der Waals surface area contributed by atoms with Crippen LogP contribution in [-0.2, 0) is 7.05 Å². The summed E-state index contributed by atoms with van der Waals surface area (Å²) in [5.74, 6) is -0.631. The van der Waals surface area contributed by atoms with Gasteiger partial charge < -0.3 is 19.3 Å². The lowest BCUT2D eigenvalue weighted by molar-refractivity contribution is 0.0682. The van der Waals surface area contributed by atoms with Crippen LogP contribution in [0.1, 0.15) is 16.2 Å². The van der Waals surface area contributed by atoms with E-state index in [0.29, 0.717) is 5.69 Å². The summed E-state index contributed by atoms with van der Waals surface area (Å²) in [7, 11) is 4.38. The first-order valence-electron chi connectivity index (χ1n) is 5.88. The van der Waals surface area contributed by atoms with Crippen LogP contribution in [0, 0.1) is 6.92 Å². The number of ether oxygens (including phenoxy) is 3. The van der Waals surface area contributed by atoms with Gasteiger partial charge in [-0.3, -0.25) is 4.68 Å². The van der Waals surface area contributed by atoms with Gasteiger partial charge in [0.25, 0.3) is 0 Å². The van der Waals surface area contributed by atoms with Gasteiger partial charge in [-0.25, -0.2) is 4.79 Å². The molecule has 2 heterocycles. The third-order valence-electron chi connectivity index (χ3n) is 2.64. The molecule has 0 saturated heterocycles. The monoisotopic (exact) mass is 294 g/mol. The van der Waals surface area contributed by atoms with Crippen molar-refractivity contribution in [1.82, 2.24) is 19.7 Å². The van der Waals surface area contributed by atoms with E-state index < -0.39 is 5.97 Å². The minimum Gasteiger partial charge on any atom is -0.481 e. The van der Waals surface area contributed by atoms with Gasteiger partial charge in [0.2, 0.25) is 11.8 Å². The molecule has 0 aromatic carbocycles. The smallest absolute Gasteiger partial charge is 0.358 e. The number of carboxylic acids is 1. The fourth-order valence-electron chi connectivity index (χ4n) is 1.73. The maximum absolute atomic E-state index is 11.3. The normalized spacial score (nSPS) is 10.3. The second-order valence-corrected chi connectivity index (χ2v) is 4.03. The van der Waals surface area contributed by atoms with Crippen LogP contribution in [0.5, 0.6) is 23.5 Å². The number of aromatic carboxylic acids is 1. The molecule has 0 atom stereocenters. The van der Waals surface area contributed by atoms with E-state index in [4.69, 9.17) is 14.2 Å². The van der Waals surface area contributed by atoms with Gasteiger partial charge in [-0.2, -0.15) is 15.1 Å². The topological polar surface area (TPSA) is 109 Å². The summed E-state index contributed by atoms with van der Waals surface area (Å²) in [5.41, 5.74) is 0.304. The lowest BCUT2D eigenvalue weighted by Gasteiger charge is -2.07. The van der Waals surface area contributed by atoms with Gasteiger partial charge in [-0.05, 0) is 6.92 Å². The minimum absolute atomic E-state index is 0.0697. The van der Waals surface area contributed by atoms with Gasteiger partial charge in [-0.15, -0.1) is 0 Å². The Balaban J connectivity index is 2.45. The predicted molar refractivity (Wildman–Crippen MR) is 70.1 cm³/mol. The lowest BCUT2D eigenvalue weighted by atomic mass is 10.3. The van der Waals surface area contributed by atoms with E-state index >= 15 is 0 Å². The first kappa shape index (κ1) is 14.6. The third-order valence-corrected chi connectivity index (χ3v) is 2.64. The fourth-order valence-corrected chi connectivity index (χ4v) is 1.73. The van der Waals surface area contributed by atoms with Crippen LogP contribution in [0.25, 0.3) is 0 Å². The first-order chi connectivity index (χ1) is 9.96. The number of rotatable bonds is 5. The molecule has 0 unspecified atom stereocenters. The molecule has 0 fully saturated rings. The Kier molecular flexibility index (Phi) is 3.92. The minimum atomic E-state index is -1.16. The number of carbonyl (C=O) groups is 1. The summed E-state index contributed by atoms with van der Waals surface area (Å²) in [6.07, 6.45) is 0. The van der Waals surface area contributed by atoms with E-state index in [-0.39, 0.29) is 29.2 Å². The van der Waals surface area contributed by atoms with Crippen molar-refractivity contribution in [3.63, 3.8) is 0 Å². The van der Waals surface area contributed by atoms with Crippen molar-refractivity contribution in [2.24, 2.45) is 7.05 Å². The number of methoxy groups -OCH3 is 2. The summed E-state index contributed by atoms with van der Waals surface area (Å²) in [5, 5.41) is 13.2. The average molecular weight is 294 g/mol. The van der Waals surface area contributed by atoms with E-state index in [9.17, 15) is 9.90 Å². The van der Waals surface area contributed by atoms with Gasteiger partial charge in [0.1, 0.15) is 5.69 Å². The lowest BCUT2D eigenvalue weighted by Crippen LogP contribution is -2.07. The number of aryl methyl sites for hydroxylation is 2. The van der Waals surface area contributed by atoms with Gasteiger partial charge in [-0.1, -0.05) is 0 Å². The molecule has 0 aliphatic rings. The molecule has 0 amide bonds. The summed E-state index contributed by atoms with van der Waals surface area (Å²) >= 11 is 0. The van der Waals surface area contributed by atoms with Crippen LogP contribution in [0.4, 0.5) is 0 Å². The number of aromatic nitrogens is 4. The molecule has 9 nitrogen and oxygen atoms in total. The molecular weight excluding hydrogens is 280 g/mol. The third kappa shape index (κ3) is 2.86. The highest BCUT2D eigenvalue weighted by Gasteiger charge is 2.23. The van der Waals surface area contributed by atoms with Crippen LogP contribution >= 0.6 is 0 Å². The second kappa shape index (κ2) is 5.65. The van der Waals surface area contributed by atoms with E-state index in [1.54, 1.807) is 6.92 Å². The molecule has 0 aliphatic carbocycles. The number of hydrogen-bond acceptors (Lipinski definition) is 7. The molecule has 1 N–H and O–H groups in total. The highest BCUT2D eigenvalue weighted by Crippen LogP contribution is 2.29. The molecule has 0 saturated carbocycles. The Morgan fingerprint density at radius 2 is 1.81 bits per heavy atom. The zero-order valence-electron chi connectivity index (χ0n) is 11.9. The highest BCUT2D eigenvalue weighted by molar-refractivity contribution is 5.89. The second-order valence-electron chi connectivity index (χ2n) is 4.03. The summed E-state index contributed by atoms with van der Waals surface area (Å²) < 4.78 is 16.7. The van der Waals surface area contributed by atoms with Gasteiger partial charge in [0, 0.05) is 7.05 Å². The Hall–Kier alpha value is -2.84. The fraction of sp³-hybridized carbons (Fsp3) is 0.333. The Morgan fingerprint density at radius 1 is 1.24 bits per heavy atom. The predicted octanol–water partition coefficient (Wildman–Crippen LogP) is 1.03. The molecule has 0 bridgehead atoms. The largest absolute Gasteiger partial charge is 0.481 e. The van der Waals surface area contributed by atoms with Crippen molar-refractivity contribution in [1.29, 1.82) is 0 Å². The molecule has 112 valence electrons. The molecule has 21 heavy (non-hydrogen) atoms. The van der Waals surface area contributed by atoms with Crippen molar-refractivity contribution < 1.29 is 24.1 Å². The number of carboxylic acid groups (broad SMARTS) is 1. The van der Waals surface area contributed by atoms with Gasteiger partial charge in [0.05, 0.1) is 20.3 Å². The summed E-state index contributed by atoms with van der Waals surface area (Å²) in [4.78, 5) is 19.2. The summed E-state index contributed by atoms with van der Waals surface area (Å²) in [6, 6.07) is 1.38. The number of nitrogens with zero attached hydrogens (tertiary/aromatic N) is 4. The summed E-state index contributed by atoms with van der Waals surface area (Å²) in [6.45, 7) is 1.62. The SMILES string of the molecule is COc1cc(OC)nc(Oc2c(C)nn(C)c2C(=O)O)n1. The molecule has 0 aliphatic heterocycles. The van der Waals surface area contributed by atoms with Crippen molar-refractivity contribution in [2.75, 3.05) is 14.2 Å². The van der Waals surface area contributed by atoms with Gasteiger partial charge >= 0.3 is 12.0 Å². The Morgan fingerprint density at radius 3 is 2.29 bits per heavy atom. The van der Waals surface area contributed by atoms with Crippen molar-refractivity contribution in [3.05, 3.63) is 17.5 Å². The molecule has 2 aromatic rings. The molecule has 2 aromatic heterocycles. The van der Waals surface area contributed by atoms with E-state index in [2.05, 4.69) is 15.1 Å². The van der Waals surface area contributed by atoms with Crippen molar-refractivity contribution in [3.8, 4) is 23.5 Å². The van der Waals surface area contributed by atoms with Crippen LogP contribution in [0.2, 0.25) is 0 Å². The zero-order chi connectivity index (χ0) is 15.6. The molecule has 9 heteroatoms. The van der Waals surface area contributed by atoms with E-state index in [1.165, 1.54) is 32.0 Å².